The van der Waals surface area contributed by atoms with Gasteiger partial charge in [-0.15, -0.1) is 0 Å². The highest BCUT2D eigenvalue weighted by atomic mass is 19.4. The van der Waals surface area contributed by atoms with Crippen molar-refractivity contribution in [1.82, 2.24) is 4.90 Å². The number of nitrogens with zero attached hydrogens (tertiary/aromatic N) is 1. The molecule has 9 heteroatoms. The molecule has 36 heavy (non-hydrogen) atoms. The van der Waals surface area contributed by atoms with Gasteiger partial charge in [-0.1, -0.05) is 51.0 Å². The van der Waals surface area contributed by atoms with Gasteiger partial charge in [0.2, 0.25) is 0 Å². The van der Waals surface area contributed by atoms with Crippen molar-refractivity contribution in [3.63, 3.8) is 0 Å². The SMILES string of the molecule is CCCCOc1ccc(CN(CCC[NH3+])Cc2ccc(OCCCC)cc2)cc1.O=C([O-])C(F)(F)F. The molecule has 0 unspecified atom stereocenters. The van der Waals surface area contributed by atoms with Crippen LogP contribution in [0.1, 0.15) is 57.1 Å². The second-order valence-corrected chi connectivity index (χ2v) is 8.39. The number of carbonyl (C=O) groups excluding carboxylic acids is 1. The van der Waals surface area contributed by atoms with Crippen LogP contribution in [0.4, 0.5) is 13.2 Å². The molecule has 0 atom stereocenters. The fraction of sp³-hybridized carbons (Fsp3) is 0.519. The number of hydrogen-bond donors (Lipinski definition) is 1. The van der Waals surface area contributed by atoms with Crippen molar-refractivity contribution in [2.75, 3.05) is 26.3 Å². The Hall–Kier alpha value is -2.78. The first-order valence-electron chi connectivity index (χ1n) is 12.4. The Balaban J connectivity index is 0.000000809. The van der Waals surface area contributed by atoms with E-state index in [4.69, 9.17) is 19.4 Å². The summed E-state index contributed by atoms with van der Waals surface area (Å²) in [6.07, 6.45) is 0.429. The number of carboxylic acids is 1. The fourth-order valence-electron chi connectivity index (χ4n) is 3.12. The topological polar surface area (TPSA) is 89.5 Å². The van der Waals surface area contributed by atoms with Crippen LogP contribution in [-0.2, 0) is 17.9 Å². The number of halogens is 3. The number of hydrogen-bond acceptors (Lipinski definition) is 5. The van der Waals surface area contributed by atoms with E-state index in [9.17, 15) is 13.2 Å². The summed E-state index contributed by atoms with van der Waals surface area (Å²) in [5.74, 6) is -1.08. The second kappa shape index (κ2) is 17.6. The second-order valence-electron chi connectivity index (χ2n) is 8.39. The van der Waals surface area contributed by atoms with Crippen molar-refractivity contribution >= 4 is 5.97 Å². The Morgan fingerprint density at radius 2 is 1.22 bits per heavy atom. The molecule has 202 valence electrons. The van der Waals surface area contributed by atoms with Gasteiger partial charge in [0, 0.05) is 26.1 Å². The third-order valence-corrected chi connectivity index (χ3v) is 5.15. The molecule has 0 fully saturated rings. The van der Waals surface area contributed by atoms with Crippen molar-refractivity contribution < 1.29 is 38.3 Å². The molecule has 0 bridgehead atoms. The van der Waals surface area contributed by atoms with E-state index in [0.29, 0.717) is 0 Å². The minimum absolute atomic E-state index is 0.795. The van der Waals surface area contributed by atoms with Gasteiger partial charge in [-0.05, 0) is 48.2 Å². The molecule has 0 heterocycles. The lowest BCUT2D eigenvalue weighted by Crippen LogP contribution is -2.51. The fourth-order valence-corrected chi connectivity index (χ4v) is 3.12. The highest BCUT2D eigenvalue weighted by molar-refractivity contribution is 5.70. The predicted octanol–water partition coefficient (Wildman–Crippen LogP) is 3.98. The summed E-state index contributed by atoms with van der Waals surface area (Å²) in [6, 6.07) is 17.1. The first kappa shape index (κ1) is 31.3. The number of alkyl halides is 3. The van der Waals surface area contributed by atoms with Gasteiger partial charge in [-0.3, -0.25) is 4.90 Å². The predicted molar refractivity (Wildman–Crippen MR) is 131 cm³/mol. The molecular formula is C27H39F3N2O4. The normalized spacial score (nSPS) is 11.1. The number of carboxylic acid groups (broad SMARTS) is 1. The lowest BCUT2D eigenvalue weighted by atomic mass is 10.1. The molecule has 0 amide bonds. The quantitative estimate of drug-likeness (QED) is 0.365. The molecule has 2 aromatic carbocycles. The van der Waals surface area contributed by atoms with E-state index >= 15 is 0 Å². The standard InChI is InChI=1S/C25H38N2O2.C2HF3O2/c1-3-5-18-28-24-12-8-22(9-13-24)20-27(17-7-16-26)21-23-10-14-25(15-11-23)29-19-6-4-2;3-2(4,5)1(6)7/h8-15H,3-7,16-21,26H2,1-2H3;(H,6,7). The van der Waals surface area contributed by atoms with E-state index in [2.05, 4.69) is 73.0 Å². The van der Waals surface area contributed by atoms with E-state index in [1.807, 2.05) is 0 Å². The lowest BCUT2D eigenvalue weighted by molar-refractivity contribution is -0.368. The van der Waals surface area contributed by atoms with Gasteiger partial charge in [0.1, 0.15) is 17.5 Å². The van der Waals surface area contributed by atoms with Gasteiger partial charge in [-0.2, -0.15) is 13.2 Å². The first-order chi connectivity index (χ1) is 17.2. The summed E-state index contributed by atoms with van der Waals surface area (Å²) in [5.41, 5.74) is 6.64. The Bertz CT molecular complexity index is 788. The molecule has 0 radical (unpaired) electrons. The van der Waals surface area contributed by atoms with Crippen LogP contribution in [0.25, 0.3) is 0 Å². The van der Waals surface area contributed by atoms with Crippen LogP contribution >= 0.6 is 0 Å². The van der Waals surface area contributed by atoms with Gasteiger partial charge in [0.05, 0.1) is 19.8 Å². The highest BCUT2D eigenvalue weighted by Crippen LogP contribution is 2.18. The van der Waals surface area contributed by atoms with E-state index < -0.39 is 12.1 Å². The number of aliphatic carboxylic acids is 1. The highest BCUT2D eigenvalue weighted by Gasteiger charge is 2.28. The van der Waals surface area contributed by atoms with Gasteiger partial charge >= 0.3 is 6.18 Å². The van der Waals surface area contributed by atoms with E-state index in [-0.39, 0.29) is 0 Å². The molecule has 0 aromatic heterocycles. The van der Waals surface area contributed by atoms with Crippen molar-refractivity contribution in [2.24, 2.45) is 0 Å². The molecule has 0 aliphatic heterocycles. The van der Waals surface area contributed by atoms with E-state index in [1.54, 1.807) is 0 Å². The van der Waals surface area contributed by atoms with Gasteiger partial charge in [0.15, 0.2) is 0 Å². The monoisotopic (exact) mass is 512 g/mol. The maximum atomic E-state index is 10.5. The van der Waals surface area contributed by atoms with E-state index in [1.165, 1.54) is 11.1 Å². The van der Waals surface area contributed by atoms with Gasteiger partial charge in [0.25, 0.3) is 0 Å². The van der Waals surface area contributed by atoms with Crippen LogP contribution in [0, 0.1) is 0 Å². The van der Waals surface area contributed by atoms with Crippen molar-refractivity contribution in [2.45, 2.75) is 65.2 Å². The summed E-state index contributed by atoms with van der Waals surface area (Å²) in [7, 11) is 0. The largest absolute Gasteiger partial charge is 0.542 e. The zero-order chi connectivity index (χ0) is 26.8. The van der Waals surface area contributed by atoms with Crippen LogP contribution in [0.15, 0.2) is 48.5 Å². The van der Waals surface area contributed by atoms with Crippen molar-refractivity contribution in [3.8, 4) is 11.5 Å². The van der Waals surface area contributed by atoms with E-state index in [0.717, 1.165) is 83.0 Å². The van der Waals surface area contributed by atoms with Crippen LogP contribution in [0.3, 0.4) is 0 Å². The Labute approximate surface area is 212 Å². The number of rotatable bonds is 15. The molecule has 0 aliphatic rings. The third kappa shape index (κ3) is 13.9. The smallest absolute Gasteiger partial charge is 0.430 e. The van der Waals surface area contributed by atoms with Crippen molar-refractivity contribution in [1.29, 1.82) is 0 Å². The molecule has 6 nitrogen and oxygen atoms in total. The molecule has 2 rings (SSSR count). The van der Waals surface area contributed by atoms with Crippen molar-refractivity contribution in [3.05, 3.63) is 59.7 Å². The molecule has 0 saturated heterocycles. The van der Waals surface area contributed by atoms with Crippen LogP contribution in [-0.4, -0.2) is 43.3 Å². The molecule has 0 saturated carbocycles. The zero-order valence-electron chi connectivity index (χ0n) is 21.3. The number of ether oxygens (including phenoxy) is 2. The summed E-state index contributed by atoms with van der Waals surface area (Å²) >= 11 is 0. The summed E-state index contributed by atoms with van der Waals surface area (Å²) in [4.78, 5) is 11.3. The average molecular weight is 513 g/mol. The first-order valence-corrected chi connectivity index (χ1v) is 12.4. The third-order valence-electron chi connectivity index (χ3n) is 5.15. The maximum Gasteiger partial charge on any atom is 0.430 e. The minimum atomic E-state index is -5.19. The molecule has 0 spiro atoms. The summed E-state index contributed by atoms with van der Waals surface area (Å²) in [6.45, 7) is 9.83. The lowest BCUT2D eigenvalue weighted by Gasteiger charge is -2.22. The number of quaternary nitrogens is 1. The molecule has 0 aliphatic carbocycles. The van der Waals surface area contributed by atoms with Gasteiger partial charge < -0.3 is 25.1 Å². The Morgan fingerprint density at radius 3 is 1.53 bits per heavy atom. The van der Waals surface area contributed by atoms with Crippen LogP contribution in [0.5, 0.6) is 11.5 Å². The molecule has 2 aromatic rings. The summed E-state index contributed by atoms with van der Waals surface area (Å²) in [5, 5.41) is 8.78. The maximum absolute atomic E-state index is 10.5. The molecule has 3 N–H and O–H groups in total. The number of benzene rings is 2. The Kier molecular flexibility index (Phi) is 15.3. The number of carbonyl (C=O) groups is 1. The average Bonchev–Trinajstić information content (AvgIpc) is 2.85. The minimum Gasteiger partial charge on any atom is -0.542 e. The van der Waals surface area contributed by atoms with Crippen LogP contribution in [0.2, 0.25) is 0 Å². The Morgan fingerprint density at radius 1 is 0.833 bits per heavy atom. The molecular weight excluding hydrogens is 473 g/mol. The van der Waals surface area contributed by atoms with Crippen LogP contribution < -0.4 is 20.3 Å². The number of unbranched alkanes of at least 4 members (excludes halogenated alkanes) is 2. The summed E-state index contributed by atoms with van der Waals surface area (Å²) < 4.78 is 43.1. The zero-order valence-corrected chi connectivity index (χ0v) is 21.3. The van der Waals surface area contributed by atoms with Gasteiger partial charge in [-0.25, -0.2) is 0 Å².